The molecular formula is C13H13ClN2O3. The van der Waals surface area contributed by atoms with Gasteiger partial charge in [-0.25, -0.2) is 0 Å². The van der Waals surface area contributed by atoms with Crippen molar-refractivity contribution in [2.75, 3.05) is 7.05 Å². The molecule has 0 fully saturated rings. The monoisotopic (exact) mass is 280 g/mol. The Labute approximate surface area is 115 Å². The number of hydrogen-bond acceptors (Lipinski definition) is 4. The molecule has 6 heteroatoms. The van der Waals surface area contributed by atoms with Crippen molar-refractivity contribution in [1.29, 1.82) is 0 Å². The smallest absolute Gasteiger partial charge is 0.254 e. The van der Waals surface area contributed by atoms with Gasteiger partial charge in [0.1, 0.15) is 17.2 Å². The van der Waals surface area contributed by atoms with Gasteiger partial charge in [0.05, 0.1) is 11.6 Å². The van der Waals surface area contributed by atoms with Gasteiger partial charge in [0, 0.05) is 18.7 Å². The molecule has 1 N–H and O–H groups in total. The van der Waals surface area contributed by atoms with Crippen LogP contribution in [0.15, 0.2) is 28.8 Å². The predicted molar refractivity (Wildman–Crippen MR) is 70.2 cm³/mol. The van der Waals surface area contributed by atoms with Crippen molar-refractivity contribution in [2.45, 2.75) is 13.5 Å². The Morgan fingerprint density at radius 1 is 1.47 bits per heavy atom. The van der Waals surface area contributed by atoms with Gasteiger partial charge in [-0.05, 0) is 25.1 Å². The molecule has 0 aliphatic rings. The third-order valence-electron chi connectivity index (χ3n) is 2.62. The molecule has 0 atom stereocenters. The van der Waals surface area contributed by atoms with Crippen molar-refractivity contribution in [1.82, 2.24) is 10.1 Å². The molecule has 1 amide bonds. The number of carbonyl (C=O) groups excluding carboxylic acids is 1. The maximum absolute atomic E-state index is 12.1. The van der Waals surface area contributed by atoms with E-state index in [4.69, 9.17) is 16.1 Å². The van der Waals surface area contributed by atoms with E-state index in [1.54, 1.807) is 20.0 Å². The van der Waals surface area contributed by atoms with E-state index in [1.165, 1.54) is 23.1 Å². The molecule has 0 bridgehead atoms. The molecule has 0 spiro atoms. The van der Waals surface area contributed by atoms with Crippen LogP contribution in [-0.4, -0.2) is 28.1 Å². The molecule has 0 aliphatic heterocycles. The lowest BCUT2D eigenvalue weighted by atomic mass is 10.2. The largest absolute Gasteiger partial charge is 0.506 e. The highest BCUT2D eigenvalue weighted by Crippen LogP contribution is 2.24. The van der Waals surface area contributed by atoms with Gasteiger partial charge in [0.15, 0.2) is 0 Å². The Kier molecular flexibility index (Phi) is 3.76. The van der Waals surface area contributed by atoms with Crippen molar-refractivity contribution in [3.8, 4) is 5.75 Å². The number of hydrogen-bond donors (Lipinski definition) is 1. The van der Waals surface area contributed by atoms with Crippen LogP contribution in [0.25, 0.3) is 0 Å². The van der Waals surface area contributed by atoms with Crippen molar-refractivity contribution in [3.63, 3.8) is 0 Å². The van der Waals surface area contributed by atoms with Crippen LogP contribution in [-0.2, 0) is 6.54 Å². The first kappa shape index (κ1) is 13.4. The molecule has 2 rings (SSSR count). The minimum Gasteiger partial charge on any atom is -0.506 e. The summed E-state index contributed by atoms with van der Waals surface area (Å²) in [4.78, 5) is 13.6. The molecule has 1 heterocycles. The zero-order valence-corrected chi connectivity index (χ0v) is 11.3. The van der Waals surface area contributed by atoms with Crippen LogP contribution < -0.4 is 0 Å². The lowest BCUT2D eigenvalue weighted by Gasteiger charge is -2.15. The average Bonchev–Trinajstić information content (AvgIpc) is 2.77. The summed E-state index contributed by atoms with van der Waals surface area (Å²) in [6.45, 7) is 2.13. The van der Waals surface area contributed by atoms with Crippen LogP contribution in [0.1, 0.15) is 21.8 Å². The predicted octanol–water partition coefficient (Wildman–Crippen LogP) is 2.61. The van der Waals surface area contributed by atoms with Crippen molar-refractivity contribution < 1.29 is 14.4 Å². The van der Waals surface area contributed by atoms with Gasteiger partial charge in [0.2, 0.25) is 0 Å². The molecule has 0 unspecified atom stereocenters. The second-order valence-electron chi connectivity index (χ2n) is 4.26. The minimum absolute atomic E-state index is 0.0482. The van der Waals surface area contributed by atoms with E-state index < -0.39 is 0 Å². The number of rotatable bonds is 3. The first-order valence-corrected chi connectivity index (χ1v) is 6.01. The summed E-state index contributed by atoms with van der Waals surface area (Å²) in [6.07, 6.45) is 0. The zero-order chi connectivity index (χ0) is 14.0. The van der Waals surface area contributed by atoms with E-state index in [1.807, 2.05) is 0 Å². The van der Waals surface area contributed by atoms with Crippen molar-refractivity contribution in [2.24, 2.45) is 0 Å². The molecule has 5 nitrogen and oxygen atoms in total. The fraction of sp³-hybridized carbons (Fsp3) is 0.231. The van der Waals surface area contributed by atoms with Crippen molar-refractivity contribution in [3.05, 3.63) is 46.3 Å². The zero-order valence-electron chi connectivity index (χ0n) is 10.6. The molecular weight excluding hydrogens is 268 g/mol. The number of aromatic hydroxyl groups is 1. The first-order chi connectivity index (χ1) is 8.97. The second-order valence-corrected chi connectivity index (χ2v) is 4.66. The van der Waals surface area contributed by atoms with E-state index >= 15 is 0 Å². The number of halogens is 1. The number of amides is 1. The number of nitrogens with zero attached hydrogens (tertiary/aromatic N) is 2. The van der Waals surface area contributed by atoms with E-state index in [0.717, 1.165) is 0 Å². The first-order valence-electron chi connectivity index (χ1n) is 5.63. The lowest BCUT2D eigenvalue weighted by Crippen LogP contribution is -2.26. The van der Waals surface area contributed by atoms with E-state index in [9.17, 15) is 9.90 Å². The summed E-state index contributed by atoms with van der Waals surface area (Å²) in [7, 11) is 1.66. The minimum atomic E-state index is -0.206. The Hall–Kier alpha value is -2.01. The third-order valence-corrected chi connectivity index (χ3v) is 2.92. The van der Waals surface area contributed by atoms with Gasteiger partial charge in [-0.2, -0.15) is 0 Å². The highest BCUT2D eigenvalue weighted by molar-refractivity contribution is 6.32. The molecule has 0 radical (unpaired) electrons. The fourth-order valence-electron chi connectivity index (χ4n) is 1.67. The van der Waals surface area contributed by atoms with E-state index in [0.29, 0.717) is 23.6 Å². The molecule has 1 aromatic carbocycles. The summed E-state index contributed by atoms with van der Waals surface area (Å²) >= 11 is 5.78. The topological polar surface area (TPSA) is 66.6 Å². The standard InChI is InChI=1S/C13H13ClN2O3/c1-8-5-10(15-19-8)7-16(2)13(18)9-3-4-12(17)11(14)6-9/h3-6,17H,7H2,1-2H3. The average molecular weight is 281 g/mol. The Bertz CT molecular complexity index is 610. The quantitative estimate of drug-likeness (QED) is 0.938. The normalized spacial score (nSPS) is 10.5. The summed E-state index contributed by atoms with van der Waals surface area (Å²) in [5, 5.41) is 13.3. The van der Waals surface area contributed by atoms with Crippen LogP contribution in [0.2, 0.25) is 5.02 Å². The highest BCUT2D eigenvalue weighted by atomic mass is 35.5. The maximum Gasteiger partial charge on any atom is 0.254 e. The summed E-state index contributed by atoms with van der Waals surface area (Å²) in [5.74, 6) is 0.444. The fourth-order valence-corrected chi connectivity index (χ4v) is 1.85. The molecule has 0 saturated carbocycles. The molecule has 2 aromatic rings. The molecule has 0 aliphatic carbocycles. The molecule has 0 saturated heterocycles. The highest BCUT2D eigenvalue weighted by Gasteiger charge is 2.15. The molecule has 19 heavy (non-hydrogen) atoms. The molecule has 1 aromatic heterocycles. The van der Waals surface area contributed by atoms with Gasteiger partial charge < -0.3 is 14.5 Å². The number of benzene rings is 1. The summed E-state index contributed by atoms with van der Waals surface area (Å²) in [6, 6.07) is 6.12. The lowest BCUT2D eigenvalue weighted by molar-refractivity contribution is 0.0782. The van der Waals surface area contributed by atoms with Crippen LogP contribution in [0.3, 0.4) is 0 Å². The van der Waals surface area contributed by atoms with Gasteiger partial charge in [-0.15, -0.1) is 0 Å². The number of phenolic OH excluding ortho intramolecular Hbond substituents is 1. The van der Waals surface area contributed by atoms with Crippen LogP contribution >= 0.6 is 11.6 Å². The summed E-state index contributed by atoms with van der Waals surface area (Å²) < 4.78 is 4.94. The van der Waals surface area contributed by atoms with Crippen LogP contribution in [0.5, 0.6) is 5.75 Å². The van der Waals surface area contributed by atoms with Crippen LogP contribution in [0, 0.1) is 6.92 Å². The van der Waals surface area contributed by atoms with Crippen LogP contribution in [0.4, 0.5) is 0 Å². The van der Waals surface area contributed by atoms with Gasteiger partial charge in [0.25, 0.3) is 5.91 Å². The SMILES string of the molecule is Cc1cc(CN(C)C(=O)c2ccc(O)c(Cl)c2)no1. The van der Waals surface area contributed by atoms with Gasteiger partial charge in [-0.3, -0.25) is 4.79 Å². The van der Waals surface area contributed by atoms with Gasteiger partial charge >= 0.3 is 0 Å². The maximum atomic E-state index is 12.1. The number of aryl methyl sites for hydroxylation is 1. The second kappa shape index (κ2) is 5.32. The van der Waals surface area contributed by atoms with E-state index in [2.05, 4.69) is 5.16 Å². The Morgan fingerprint density at radius 3 is 2.79 bits per heavy atom. The van der Waals surface area contributed by atoms with Gasteiger partial charge in [-0.1, -0.05) is 16.8 Å². The Morgan fingerprint density at radius 2 is 2.21 bits per heavy atom. The Balaban J connectivity index is 2.12. The van der Waals surface area contributed by atoms with E-state index in [-0.39, 0.29) is 16.7 Å². The summed E-state index contributed by atoms with van der Waals surface area (Å²) in [5.41, 5.74) is 1.09. The number of phenols is 1. The third kappa shape index (κ3) is 3.06. The number of aromatic nitrogens is 1. The molecule has 100 valence electrons. The van der Waals surface area contributed by atoms with Crippen molar-refractivity contribution >= 4 is 17.5 Å². The number of carbonyl (C=O) groups is 1.